The zero-order chi connectivity index (χ0) is 13.0. The Morgan fingerprint density at radius 2 is 2.39 bits per heavy atom. The van der Waals surface area contributed by atoms with Crippen molar-refractivity contribution in [1.82, 2.24) is 19.7 Å². The first-order valence-electron chi connectivity index (χ1n) is 5.57. The van der Waals surface area contributed by atoms with Crippen molar-refractivity contribution < 1.29 is 0 Å². The number of hydrogen-bond donors (Lipinski definition) is 2. The van der Waals surface area contributed by atoms with Crippen LogP contribution in [-0.4, -0.2) is 24.7 Å². The first-order chi connectivity index (χ1) is 8.70. The number of anilines is 1. The minimum absolute atomic E-state index is 0.287. The normalized spacial score (nSPS) is 10.3. The second-order valence-electron chi connectivity index (χ2n) is 3.68. The Morgan fingerprint density at radius 3 is 3.11 bits per heavy atom. The summed E-state index contributed by atoms with van der Waals surface area (Å²) in [6, 6.07) is 3.67. The lowest BCUT2D eigenvalue weighted by atomic mass is 10.3. The van der Waals surface area contributed by atoms with Crippen LogP contribution in [0, 0.1) is 0 Å². The van der Waals surface area contributed by atoms with Gasteiger partial charge in [-0.15, -0.1) is 10.2 Å². The van der Waals surface area contributed by atoms with Crippen LogP contribution in [0.5, 0.6) is 0 Å². The largest absolute Gasteiger partial charge is 0.388 e. The van der Waals surface area contributed by atoms with Crippen LogP contribution in [0.25, 0.3) is 0 Å². The maximum atomic E-state index is 5.53. The fraction of sp³-hybridized carbons (Fsp3) is 0.273. The lowest BCUT2D eigenvalue weighted by Crippen LogP contribution is -2.12. The molecule has 18 heavy (non-hydrogen) atoms. The summed E-state index contributed by atoms with van der Waals surface area (Å²) in [4.78, 5) is 4.37. The van der Waals surface area contributed by atoms with E-state index < -0.39 is 0 Å². The van der Waals surface area contributed by atoms with E-state index in [1.165, 1.54) is 0 Å². The van der Waals surface area contributed by atoms with E-state index in [-0.39, 0.29) is 4.99 Å². The number of nitrogens with one attached hydrogen (secondary N) is 1. The van der Waals surface area contributed by atoms with Gasteiger partial charge in [-0.3, -0.25) is 4.98 Å². The quantitative estimate of drug-likeness (QED) is 0.780. The van der Waals surface area contributed by atoms with Crippen molar-refractivity contribution in [3.8, 4) is 0 Å². The lowest BCUT2D eigenvalue weighted by molar-refractivity contribution is 0.708. The van der Waals surface area contributed by atoms with Crippen molar-refractivity contribution in [3.05, 3.63) is 36.2 Å². The molecule has 0 bridgehead atoms. The molecule has 0 aliphatic heterocycles. The van der Waals surface area contributed by atoms with Gasteiger partial charge in [-0.25, -0.2) is 0 Å². The molecule has 0 aliphatic rings. The smallest absolute Gasteiger partial charge is 0.152 e. The van der Waals surface area contributed by atoms with Gasteiger partial charge in [0.2, 0.25) is 0 Å². The summed E-state index contributed by atoms with van der Waals surface area (Å²) in [7, 11) is 0. The molecule has 94 valence electrons. The number of aromatic nitrogens is 4. The van der Waals surface area contributed by atoms with E-state index in [0.717, 1.165) is 18.1 Å². The molecule has 0 radical (unpaired) electrons. The zero-order valence-electron chi connectivity index (χ0n) is 10.00. The first kappa shape index (κ1) is 12.4. The molecule has 0 fully saturated rings. The molecule has 0 unspecified atom stereocenters. The fourth-order valence-corrected chi connectivity index (χ4v) is 1.65. The highest BCUT2D eigenvalue weighted by Crippen LogP contribution is 2.09. The van der Waals surface area contributed by atoms with E-state index in [9.17, 15) is 0 Å². The van der Waals surface area contributed by atoms with Gasteiger partial charge < -0.3 is 15.6 Å². The van der Waals surface area contributed by atoms with Crippen LogP contribution >= 0.6 is 12.2 Å². The van der Waals surface area contributed by atoms with Gasteiger partial charge in [-0.2, -0.15) is 0 Å². The van der Waals surface area contributed by atoms with Crippen molar-refractivity contribution >= 4 is 22.9 Å². The van der Waals surface area contributed by atoms with Crippen LogP contribution in [-0.2, 0) is 13.1 Å². The number of hydrogen-bond acceptors (Lipinski definition) is 5. The van der Waals surface area contributed by atoms with Crippen molar-refractivity contribution in [2.45, 2.75) is 20.0 Å². The molecule has 0 spiro atoms. The maximum Gasteiger partial charge on any atom is 0.152 e. The molecule has 2 aromatic heterocycles. The average Bonchev–Trinajstić information content (AvgIpc) is 2.84. The summed E-state index contributed by atoms with van der Waals surface area (Å²) in [5.74, 6) is 0.881. The van der Waals surface area contributed by atoms with E-state index in [0.29, 0.717) is 12.2 Å². The Kier molecular flexibility index (Phi) is 3.83. The average molecular weight is 262 g/mol. The van der Waals surface area contributed by atoms with Gasteiger partial charge in [0.1, 0.15) is 11.3 Å². The third kappa shape index (κ3) is 2.80. The van der Waals surface area contributed by atoms with Gasteiger partial charge in [0.15, 0.2) is 5.82 Å². The highest BCUT2D eigenvalue weighted by molar-refractivity contribution is 7.80. The molecule has 2 heterocycles. The van der Waals surface area contributed by atoms with Crippen molar-refractivity contribution in [1.29, 1.82) is 0 Å². The molecule has 0 atom stereocenters. The molecule has 0 amide bonds. The maximum absolute atomic E-state index is 5.53. The number of aryl methyl sites for hydroxylation is 1. The van der Waals surface area contributed by atoms with E-state index in [4.69, 9.17) is 18.0 Å². The van der Waals surface area contributed by atoms with Gasteiger partial charge in [0, 0.05) is 18.4 Å². The zero-order valence-corrected chi connectivity index (χ0v) is 10.8. The SMILES string of the molecule is CCn1cnnc1CNc1ccnc(C(N)=S)c1. The summed E-state index contributed by atoms with van der Waals surface area (Å²) in [6.07, 6.45) is 3.38. The molecule has 0 saturated carbocycles. The minimum Gasteiger partial charge on any atom is -0.388 e. The van der Waals surface area contributed by atoms with Crippen LogP contribution in [0.1, 0.15) is 18.4 Å². The third-order valence-corrected chi connectivity index (χ3v) is 2.71. The van der Waals surface area contributed by atoms with Crippen molar-refractivity contribution in [2.24, 2.45) is 5.73 Å². The summed E-state index contributed by atoms with van der Waals surface area (Å²) in [5.41, 5.74) is 7.04. The Morgan fingerprint density at radius 1 is 1.56 bits per heavy atom. The molecular formula is C11H14N6S. The summed E-state index contributed by atoms with van der Waals surface area (Å²) in [5, 5.41) is 11.2. The number of thiocarbonyl (C=S) groups is 1. The molecule has 7 heteroatoms. The fourth-order valence-electron chi connectivity index (χ4n) is 1.54. The van der Waals surface area contributed by atoms with Crippen molar-refractivity contribution in [3.63, 3.8) is 0 Å². The number of pyridine rings is 1. The van der Waals surface area contributed by atoms with Gasteiger partial charge >= 0.3 is 0 Å². The Labute approximate surface area is 110 Å². The number of nitrogens with zero attached hydrogens (tertiary/aromatic N) is 4. The summed E-state index contributed by atoms with van der Waals surface area (Å²) < 4.78 is 1.97. The van der Waals surface area contributed by atoms with Gasteiger partial charge in [-0.1, -0.05) is 12.2 Å². The number of nitrogens with two attached hydrogens (primary N) is 1. The molecule has 3 N–H and O–H groups in total. The molecule has 0 aromatic carbocycles. The van der Waals surface area contributed by atoms with Crippen LogP contribution in [0.15, 0.2) is 24.7 Å². The predicted octanol–water partition coefficient (Wildman–Crippen LogP) is 0.939. The molecule has 2 aromatic rings. The first-order valence-corrected chi connectivity index (χ1v) is 5.98. The summed E-state index contributed by atoms with van der Waals surface area (Å²) in [6.45, 7) is 3.48. The standard InChI is InChI=1S/C11H14N6S/c1-2-17-7-15-16-10(17)6-14-8-3-4-13-9(5-8)11(12)18/h3-5,7H,2,6H2,1H3,(H2,12,18)(H,13,14). The van der Waals surface area contributed by atoms with Gasteiger partial charge in [0.25, 0.3) is 0 Å². The van der Waals surface area contributed by atoms with E-state index in [1.54, 1.807) is 12.5 Å². The summed E-state index contributed by atoms with van der Waals surface area (Å²) >= 11 is 4.89. The van der Waals surface area contributed by atoms with E-state index in [1.807, 2.05) is 23.6 Å². The van der Waals surface area contributed by atoms with Gasteiger partial charge in [-0.05, 0) is 19.1 Å². The highest BCUT2D eigenvalue weighted by atomic mass is 32.1. The Hall–Kier alpha value is -2.02. The van der Waals surface area contributed by atoms with Gasteiger partial charge in [0.05, 0.1) is 12.2 Å². The minimum atomic E-state index is 0.287. The molecule has 0 aliphatic carbocycles. The Balaban J connectivity index is 2.06. The highest BCUT2D eigenvalue weighted by Gasteiger charge is 2.03. The van der Waals surface area contributed by atoms with E-state index in [2.05, 4.69) is 20.5 Å². The predicted molar refractivity (Wildman–Crippen MR) is 73.1 cm³/mol. The molecular weight excluding hydrogens is 248 g/mol. The topological polar surface area (TPSA) is 81.7 Å². The monoisotopic (exact) mass is 262 g/mol. The second-order valence-corrected chi connectivity index (χ2v) is 4.12. The van der Waals surface area contributed by atoms with Crippen LogP contribution in [0.3, 0.4) is 0 Å². The van der Waals surface area contributed by atoms with Crippen LogP contribution < -0.4 is 11.1 Å². The molecule has 2 rings (SSSR count). The second kappa shape index (κ2) is 5.54. The molecule has 0 saturated heterocycles. The van der Waals surface area contributed by atoms with E-state index >= 15 is 0 Å². The molecule has 6 nitrogen and oxygen atoms in total. The Bertz CT molecular complexity index is 550. The number of rotatable bonds is 5. The van der Waals surface area contributed by atoms with Crippen LogP contribution in [0.4, 0.5) is 5.69 Å². The van der Waals surface area contributed by atoms with Crippen molar-refractivity contribution in [2.75, 3.05) is 5.32 Å². The lowest BCUT2D eigenvalue weighted by Gasteiger charge is -2.07. The third-order valence-electron chi connectivity index (χ3n) is 2.50. The van der Waals surface area contributed by atoms with Crippen LogP contribution in [0.2, 0.25) is 0 Å².